The molecule has 0 radical (unpaired) electrons. The minimum Gasteiger partial charge on any atom is -0.395 e. The topological polar surface area (TPSA) is 32.3 Å². The van der Waals surface area contributed by atoms with Gasteiger partial charge in [-0.15, -0.1) is 0 Å². The van der Waals surface area contributed by atoms with Gasteiger partial charge in [0.15, 0.2) is 0 Å². The zero-order valence-corrected chi connectivity index (χ0v) is 9.08. The van der Waals surface area contributed by atoms with Crippen LogP contribution in [0.2, 0.25) is 0 Å². The van der Waals surface area contributed by atoms with E-state index in [4.69, 9.17) is 5.11 Å². The number of aliphatic hydroxyl groups is 1. The molecule has 2 nitrogen and oxygen atoms in total. The maximum atomic E-state index is 8.93. The lowest BCUT2D eigenvalue weighted by molar-refractivity contribution is 0.253. The van der Waals surface area contributed by atoms with Gasteiger partial charge in [0.2, 0.25) is 0 Å². The summed E-state index contributed by atoms with van der Waals surface area (Å²) in [6.45, 7) is 0.906. The Kier molecular flexibility index (Phi) is 3.39. The van der Waals surface area contributed by atoms with Gasteiger partial charge in [-0.25, -0.2) is 0 Å². The third-order valence-corrected chi connectivity index (χ3v) is 3.36. The van der Waals surface area contributed by atoms with Crippen LogP contribution in [0.3, 0.4) is 0 Å². The van der Waals surface area contributed by atoms with E-state index >= 15 is 0 Å². The van der Waals surface area contributed by atoms with E-state index in [0.717, 1.165) is 0 Å². The van der Waals surface area contributed by atoms with Crippen LogP contribution in [0.4, 0.5) is 0 Å². The van der Waals surface area contributed by atoms with Crippen LogP contribution < -0.4 is 5.32 Å². The van der Waals surface area contributed by atoms with E-state index in [1.54, 1.807) is 0 Å². The molecule has 0 spiro atoms. The maximum absolute atomic E-state index is 8.93. The van der Waals surface area contributed by atoms with Crippen LogP contribution in [0, 0.1) is 0 Å². The Labute approximate surface area is 91.3 Å². The van der Waals surface area contributed by atoms with Crippen molar-refractivity contribution in [2.75, 3.05) is 13.2 Å². The lowest BCUT2D eigenvalue weighted by Gasteiger charge is -2.31. The van der Waals surface area contributed by atoms with E-state index in [1.165, 1.54) is 31.2 Å². The number of nitrogens with one attached hydrogen (secondary N) is 1. The summed E-state index contributed by atoms with van der Waals surface area (Å²) in [5.74, 6) is 0. The number of hydrogen-bond donors (Lipinski definition) is 2. The highest BCUT2D eigenvalue weighted by Crippen LogP contribution is 2.38. The Bertz CT molecular complexity index is 291. The molecule has 0 saturated heterocycles. The van der Waals surface area contributed by atoms with Crippen molar-refractivity contribution in [2.24, 2.45) is 0 Å². The van der Waals surface area contributed by atoms with Crippen LogP contribution in [0.15, 0.2) is 30.3 Å². The zero-order chi connectivity index (χ0) is 10.6. The first kappa shape index (κ1) is 10.7. The van der Waals surface area contributed by atoms with Crippen molar-refractivity contribution >= 4 is 0 Å². The van der Waals surface area contributed by atoms with Crippen molar-refractivity contribution < 1.29 is 5.11 Å². The average molecular weight is 205 g/mol. The van der Waals surface area contributed by atoms with Crippen molar-refractivity contribution in [3.8, 4) is 0 Å². The van der Waals surface area contributed by atoms with Gasteiger partial charge in [0.05, 0.1) is 6.61 Å². The zero-order valence-electron chi connectivity index (χ0n) is 9.08. The fraction of sp³-hybridized carbons (Fsp3) is 0.538. The Balaban J connectivity index is 2.19. The molecule has 2 rings (SSSR count). The second-order valence-electron chi connectivity index (χ2n) is 4.31. The Morgan fingerprint density at radius 3 is 2.40 bits per heavy atom. The van der Waals surface area contributed by atoms with Gasteiger partial charge in [0.1, 0.15) is 0 Å². The van der Waals surface area contributed by atoms with Gasteiger partial charge in [-0.1, -0.05) is 43.2 Å². The van der Waals surface area contributed by atoms with E-state index in [2.05, 4.69) is 35.6 Å². The summed E-state index contributed by atoms with van der Waals surface area (Å²) in [7, 11) is 0. The Morgan fingerprint density at radius 2 is 1.80 bits per heavy atom. The monoisotopic (exact) mass is 205 g/mol. The second-order valence-corrected chi connectivity index (χ2v) is 4.31. The van der Waals surface area contributed by atoms with E-state index in [-0.39, 0.29) is 12.1 Å². The summed E-state index contributed by atoms with van der Waals surface area (Å²) < 4.78 is 0. The molecule has 1 aromatic carbocycles. The van der Waals surface area contributed by atoms with Gasteiger partial charge in [0, 0.05) is 12.1 Å². The number of aliphatic hydroxyl groups excluding tert-OH is 1. The van der Waals surface area contributed by atoms with Crippen LogP contribution >= 0.6 is 0 Å². The smallest absolute Gasteiger partial charge is 0.0556 e. The summed E-state index contributed by atoms with van der Waals surface area (Å²) in [5.41, 5.74) is 1.50. The molecule has 15 heavy (non-hydrogen) atoms. The van der Waals surface area contributed by atoms with E-state index in [0.29, 0.717) is 6.54 Å². The standard InChI is InChI=1S/C13H19NO/c15-11-10-14-13(8-4-5-9-13)12-6-2-1-3-7-12/h1-3,6-7,14-15H,4-5,8-11H2. The lowest BCUT2D eigenvalue weighted by atomic mass is 9.88. The van der Waals surface area contributed by atoms with Gasteiger partial charge < -0.3 is 10.4 Å². The summed E-state index contributed by atoms with van der Waals surface area (Å²) in [4.78, 5) is 0. The summed E-state index contributed by atoms with van der Waals surface area (Å²) in [5, 5.41) is 12.4. The van der Waals surface area contributed by atoms with Gasteiger partial charge in [-0.05, 0) is 18.4 Å². The third kappa shape index (κ3) is 2.21. The van der Waals surface area contributed by atoms with Crippen molar-refractivity contribution in [3.05, 3.63) is 35.9 Å². The van der Waals surface area contributed by atoms with Gasteiger partial charge in [-0.2, -0.15) is 0 Å². The molecule has 2 heteroatoms. The molecule has 0 unspecified atom stereocenters. The molecule has 2 N–H and O–H groups in total. The lowest BCUT2D eigenvalue weighted by Crippen LogP contribution is -2.41. The highest BCUT2D eigenvalue weighted by Gasteiger charge is 2.34. The van der Waals surface area contributed by atoms with Gasteiger partial charge in [-0.3, -0.25) is 0 Å². The third-order valence-electron chi connectivity index (χ3n) is 3.36. The van der Waals surface area contributed by atoms with Crippen LogP contribution in [-0.4, -0.2) is 18.3 Å². The van der Waals surface area contributed by atoms with Gasteiger partial charge in [0.25, 0.3) is 0 Å². The molecule has 0 heterocycles. The second kappa shape index (κ2) is 4.77. The number of benzene rings is 1. The molecule has 82 valence electrons. The fourth-order valence-corrected chi connectivity index (χ4v) is 2.60. The van der Waals surface area contributed by atoms with Crippen molar-refractivity contribution in [1.82, 2.24) is 5.32 Å². The minimum absolute atomic E-state index is 0.129. The Morgan fingerprint density at radius 1 is 1.13 bits per heavy atom. The van der Waals surface area contributed by atoms with Crippen molar-refractivity contribution in [3.63, 3.8) is 0 Å². The number of hydrogen-bond acceptors (Lipinski definition) is 2. The predicted molar refractivity (Wildman–Crippen MR) is 61.7 cm³/mol. The van der Waals surface area contributed by atoms with Crippen molar-refractivity contribution in [1.29, 1.82) is 0 Å². The van der Waals surface area contributed by atoms with E-state index in [9.17, 15) is 0 Å². The first-order valence-corrected chi connectivity index (χ1v) is 5.79. The average Bonchev–Trinajstić information content (AvgIpc) is 2.78. The molecular weight excluding hydrogens is 186 g/mol. The van der Waals surface area contributed by atoms with Crippen LogP contribution in [0.25, 0.3) is 0 Å². The number of rotatable bonds is 4. The van der Waals surface area contributed by atoms with Crippen LogP contribution in [0.1, 0.15) is 31.2 Å². The molecule has 1 aliphatic rings. The molecule has 1 aliphatic carbocycles. The Hall–Kier alpha value is -0.860. The fourth-order valence-electron chi connectivity index (χ4n) is 2.60. The SMILES string of the molecule is OCCNC1(c2ccccc2)CCCC1. The molecule has 1 saturated carbocycles. The molecule has 1 aromatic rings. The normalized spacial score (nSPS) is 19.3. The van der Waals surface area contributed by atoms with Crippen molar-refractivity contribution in [2.45, 2.75) is 31.2 Å². The predicted octanol–water partition coefficient (Wildman–Crippen LogP) is 2.04. The first-order valence-electron chi connectivity index (χ1n) is 5.79. The summed E-state index contributed by atoms with van der Waals surface area (Å²) in [6.07, 6.45) is 4.95. The largest absolute Gasteiger partial charge is 0.395 e. The first-order chi connectivity index (χ1) is 7.37. The van der Waals surface area contributed by atoms with Crippen LogP contribution in [0.5, 0.6) is 0 Å². The minimum atomic E-state index is 0.129. The molecular formula is C13H19NO. The van der Waals surface area contributed by atoms with E-state index in [1.807, 2.05) is 0 Å². The highest BCUT2D eigenvalue weighted by atomic mass is 16.3. The molecule has 0 aromatic heterocycles. The maximum Gasteiger partial charge on any atom is 0.0556 e. The summed E-state index contributed by atoms with van der Waals surface area (Å²) >= 11 is 0. The van der Waals surface area contributed by atoms with Crippen LogP contribution in [-0.2, 0) is 5.54 Å². The van der Waals surface area contributed by atoms with E-state index < -0.39 is 0 Å². The highest BCUT2D eigenvalue weighted by molar-refractivity contribution is 5.25. The molecule has 0 bridgehead atoms. The molecule has 1 fully saturated rings. The quantitative estimate of drug-likeness (QED) is 0.788. The molecule has 0 aliphatic heterocycles. The molecule has 0 amide bonds. The summed E-state index contributed by atoms with van der Waals surface area (Å²) in [6, 6.07) is 10.6. The van der Waals surface area contributed by atoms with Gasteiger partial charge >= 0.3 is 0 Å². The molecule has 0 atom stereocenters.